The fourth-order valence-electron chi connectivity index (χ4n) is 2.47. The molecule has 2 heterocycles. The first kappa shape index (κ1) is 15.6. The normalized spacial score (nSPS) is 13.6. The summed E-state index contributed by atoms with van der Waals surface area (Å²) in [7, 11) is 0. The number of aliphatic imine (C=N–C) groups is 1. The van der Waals surface area contributed by atoms with Crippen molar-refractivity contribution in [1.82, 2.24) is 5.32 Å². The molecule has 7 heteroatoms. The molecule has 0 unspecified atom stereocenters. The molecule has 0 radical (unpaired) electrons. The van der Waals surface area contributed by atoms with Crippen molar-refractivity contribution >= 4 is 45.5 Å². The summed E-state index contributed by atoms with van der Waals surface area (Å²) < 4.78 is 0. The molecular weight excluding hydrogens is 328 g/mol. The maximum absolute atomic E-state index is 12.6. The van der Waals surface area contributed by atoms with E-state index in [0.29, 0.717) is 11.7 Å². The minimum atomic E-state index is 0.0279. The Morgan fingerprint density at radius 2 is 2.35 bits per heavy atom. The zero-order chi connectivity index (χ0) is 16.2. The molecule has 0 saturated carbocycles. The van der Waals surface area contributed by atoms with Crippen molar-refractivity contribution < 1.29 is 4.79 Å². The number of nitrogens with zero attached hydrogens (tertiary/aromatic N) is 3. The summed E-state index contributed by atoms with van der Waals surface area (Å²) in [5, 5.41) is 13.7. The van der Waals surface area contributed by atoms with E-state index >= 15 is 0 Å². The van der Waals surface area contributed by atoms with Crippen LogP contribution in [0.3, 0.4) is 0 Å². The Morgan fingerprint density at radius 3 is 3.04 bits per heavy atom. The molecule has 23 heavy (non-hydrogen) atoms. The molecule has 0 aliphatic carbocycles. The van der Waals surface area contributed by atoms with E-state index in [2.05, 4.69) is 10.3 Å². The molecule has 3 rings (SSSR count). The van der Waals surface area contributed by atoms with Gasteiger partial charge >= 0.3 is 0 Å². The highest BCUT2D eigenvalue weighted by Crippen LogP contribution is 2.33. The first-order valence-electron chi connectivity index (χ1n) is 6.99. The number of amidine groups is 1. The fourth-order valence-corrected chi connectivity index (χ4v) is 3.49. The zero-order valence-corrected chi connectivity index (χ0v) is 14.1. The van der Waals surface area contributed by atoms with Crippen molar-refractivity contribution in [3.63, 3.8) is 0 Å². The third kappa shape index (κ3) is 3.23. The quantitative estimate of drug-likeness (QED) is 0.393. The molecule has 1 aromatic heterocycles. The second kappa shape index (κ2) is 6.86. The van der Waals surface area contributed by atoms with Crippen LogP contribution in [0.25, 0.3) is 0 Å². The summed E-state index contributed by atoms with van der Waals surface area (Å²) in [6, 6.07) is 9.54. The van der Waals surface area contributed by atoms with Crippen LogP contribution < -0.4 is 10.2 Å². The lowest BCUT2D eigenvalue weighted by atomic mass is 10.1. The van der Waals surface area contributed by atoms with E-state index in [1.54, 1.807) is 4.90 Å². The van der Waals surface area contributed by atoms with Gasteiger partial charge in [0, 0.05) is 12.2 Å². The standard InChI is InChI=1S/C16H14N4OS2/c1-22-16(18-10-17)19-12-5-4-11-6-7-20(13(11)9-12)15(21)14-3-2-8-23-14/h2-5,8-9H,6-7H2,1H3,(H,18,19). The van der Waals surface area contributed by atoms with Crippen LogP contribution in [0.4, 0.5) is 11.4 Å². The number of carbonyl (C=O) groups excluding carboxylic acids is 1. The number of carbonyl (C=O) groups is 1. The monoisotopic (exact) mass is 342 g/mol. The molecule has 1 aromatic carbocycles. The van der Waals surface area contributed by atoms with E-state index in [-0.39, 0.29) is 5.91 Å². The molecule has 1 amide bonds. The van der Waals surface area contributed by atoms with E-state index in [0.717, 1.165) is 28.2 Å². The summed E-state index contributed by atoms with van der Waals surface area (Å²) >= 11 is 2.81. The van der Waals surface area contributed by atoms with Crippen molar-refractivity contribution in [2.24, 2.45) is 4.99 Å². The van der Waals surface area contributed by atoms with Crippen LogP contribution in [0.1, 0.15) is 15.2 Å². The SMILES string of the molecule is CSC(=Nc1ccc2c(c1)N(C(=O)c1cccs1)CC2)NC#N. The van der Waals surface area contributed by atoms with Crippen LogP contribution in [0.2, 0.25) is 0 Å². The summed E-state index contributed by atoms with van der Waals surface area (Å²) in [5.74, 6) is 0.0279. The lowest BCUT2D eigenvalue weighted by Crippen LogP contribution is -2.28. The maximum atomic E-state index is 12.6. The summed E-state index contributed by atoms with van der Waals surface area (Å²) in [5.41, 5.74) is 2.77. The predicted molar refractivity (Wildman–Crippen MR) is 95.5 cm³/mol. The third-order valence-corrected chi connectivity index (χ3v) is 4.97. The van der Waals surface area contributed by atoms with Crippen LogP contribution in [0, 0.1) is 11.5 Å². The number of nitrogens with one attached hydrogen (secondary N) is 1. The Morgan fingerprint density at radius 1 is 1.48 bits per heavy atom. The second-order valence-electron chi connectivity index (χ2n) is 4.85. The minimum Gasteiger partial charge on any atom is -0.307 e. The molecule has 2 aromatic rings. The molecule has 1 aliphatic rings. The van der Waals surface area contributed by atoms with Gasteiger partial charge in [0.25, 0.3) is 5.91 Å². The van der Waals surface area contributed by atoms with Gasteiger partial charge in [0.15, 0.2) is 11.4 Å². The van der Waals surface area contributed by atoms with Gasteiger partial charge in [-0.1, -0.05) is 23.9 Å². The number of hydrogen-bond acceptors (Lipinski definition) is 5. The third-order valence-electron chi connectivity index (χ3n) is 3.53. The second-order valence-corrected chi connectivity index (χ2v) is 6.60. The summed E-state index contributed by atoms with van der Waals surface area (Å²) in [6.45, 7) is 0.686. The van der Waals surface area contributed by atoms with Gasteiger partial charge in [-0.05, 0) is 41.8 Å². The van der Waals surface area contributed by atoms with Crippen LogP contribution in [-0.4, -0.2) is 23.9 Å². The summed E-state index contributed by atoms with van der Waals surface area (Å²) in [4.78, 5) is 19.6. The molecule has 0 bridgehead atoms. The molecule has 0 spiro atoms. The Hall–Kier alpha value is -2.30. The number of thiophene rings is 1. The molecule has 1 N–H and O–H groups in total. The van der Waals surface area contributed by atoms with E-state index in [1.165, 1.54) is 23.1 Å². The Kier molecular flexibility index (Phi) is 4.65. The van der Waals surface area contributed by atoms with Gasteiger partial charge < -0.3 is 4.90 Å². The first-order chi connectivity index (χ1) is 11.2. The molecule has 0 fully saturated rings. The van der Waals surface area contributed by atoms with Crippen molar-refractivity contribution in [3.8, 4) is 6.19 Å². The number of benzene rings is 1. The van der Waals surface area contributed by atoms with Gasteiger partial charge in [-0.3, -0.25) is 10.1 Å². The highest BCUT2D eigenvalue weighted by molar-refractivity contribution is 8.13. The van der Waals surface area contributed by atoms with E-state index < -0.39 is 0 Å². The number of anilines is 1. The number of thioether (sulfide) groups is 1. The van der Waals surface area contributed by atoms with E-state index in [1.807, 2.05) is 48.2 Å². The molecule has 0 saturated heterocycles. The number of nitriles is 1. The van der Waals surface area contributed by atoms with Crippen molar-refractivity contribution in [1.29, 1.82) is 5.26 Å². The number of rotatable bonds is 2. The van der Waals surface area contributed by atoms with Crippen LogP contribution in [0.15, 0.2) is 40.7 Å². The van der Waals surface area contributed by atoms with Gasteiger partial charge in [0.1, 0.15) is 0 Å². The zero-order valence-electron chi connectivity index (χ0n) is 12.4. The Labute approximate surface area is 142 Å². The maximum Gasteiger partial charge on any atom is 0.268 e. The molecule has 5 nitrogen and oxygen atoms in total. The van der Waals surface area contributed by atoms with Crippen molar-refractivity contribution in [2.45, 2.75) is 6.42 Å². The van der Waals surface area contributed by atoms with Gasteiger partial charge in [-0.15, -0.1) is 11.3 Å². The van der Waals surface area contributed by atoms with Gasteiger partial charge in [0.2, 0.25) is 0 Å². The largest absolute Gasteiger partial charge is 0.307 e. The minimum absolute atomic E-state index is 0.0279. The lowest BCUT2D eigenvalue weighted by Gasteiger charge is -2.16. The smallest absolute Gasteiger partial charge is 0.268 e. The molecule has 116 valence electrons. The average Bonchev–Trinajstić information content (AvgIpc) is 3.23. The number of amides is 1. The topological polar surface area (TPSA) is 68.5 Å². The highest BCUT2D eigenvalue weighted by atomic mass is 32.2. The fraction of sp³-hybridized carbons (Fsp3) is 0.188. The lowest BCUT2D eigenvalue weighted by molar-refractivity contribution is 0.0993. The number of hydrogen-bond donors (Lipinski definition) is 1. The van der Waals surface area contributed by atoms with E-state index in [9.17, 15) is 4.79 Å². The van der Waals surface area contributed by atoms with E-state index in [4.69, 9.17) is 5.26 Å². The van der Waals surface area contributed by atoms with Crippen LogP contribution >= 0.6 is 23.1 Å². The van der Waals surface area contributed by atoms with Crippen LogP contribution in [-0.2, 0) is 6.42 Å². The Bertz CT molecular complexity index is 793. The van der Waals surface area contributed by atoms with Gasteiger partial charge in [0.05, 0.1) is 10.6 Å². The highest BCUT2D eigenvalue weighted by Gasteiger charge is 2.26. The molecular formula is C16H14N4OS2. The predicted octanol–water partition coefficient (Wildman–Crippen LogP) is 3.37. The number of fused-ring (bicyclic) bond motifs is 1. The Balaban J connectivity index is 1.91. The molecule has 0 atom stereocenters. The van der Waals surface area contributed by atoms with Gasteiger partial charge in [-0.2, -0.15) is 5.26 Å². The van der Waals surface area contributed by atoms with Crippen molar-refractivity contribution in [2.75, 3.05) is 17.7 Å². The first-order valence-corrected chi connectivity index (χ1v) is 9.09. The summed E-state index contributed by atoms with van der Waals surface area (Å²) in [6.07, 6.45) is 4.57. The molecule has 1 aliphatic heterocycles. The van der Waals surface area contributed by atoms with Crippen LogP contribution in [0.5, 0.6) is 0 Å². The average molecular weight is 342 g/mol. The van der Waals surface area contributed by atoms with Crippen molar-refractivity contribution in [3.05, 3.63) is 46.2 Å². The van der Waals surface area contributed by atoms with Gasteiger partial charge in [-0.25, -0.2) is 4.99 Å².